The highest BCUT2D eigenvalue weighted by atomic mass is 16.5. The third-order valence-corrected chi connectivity index (χ3v) is 2.35. The van der Waals surface area contributed by atoms with E-state index in [1.54, 1.807) is 13.4 Å². The Morgan fingerprint density at radius 3 is 3.00 bits per heavy atom. The van der Waals surface area contributed by atoms with E-state index in [2.05, 4.69) is 22.3 Å². The molecule has 0 atom stereocenters. The molecule has 0 radical (unpaired) electrons. The van der Waals surface area contributed by atoms with E-state index in [0.717, 1.165) is 38.5 Å². The fourth-order valence-electron chi connectivity index (χ4n) is 1.43. The Bertz CT molecular complexity index is 291. The molecule has 0 aliphatic heterocycles. The summed E-state index contributed by atoms with van der Waals surface area (Å²) in [7, 11) is 1.68. The SMILES string of the molecule is CCn1ncnc1CNCCCOCCOC. The second-order valence-corrected chi connectivity index (χ2v) is 3.63. The van der Waals surface area contributed by atoms with Gasteiger partial charge >= 0.3 is 0 Å². The fourth-order valence-corrected chi connectivity index (χ4v) is 1.43. The predicted octanol–water partition coefficient (Wildman–Crippen LogP) is 0.441. The van der Waals surface area contributed by atoms with Crippen molar-refractivity contribution in [2.24, 2.45) is 0 Å². The van der Waals surface area contributed by atoms with Gasteiger partial charge in [-0.15, -0.1) is 0 Å². The molecule has 0 spiro atoms. The maximum Gasteiger partial charge on any atom is 0.140 e. The molecule has 17 heavy (non-hydrogen) atoms. The maximum atomic E-state index is 5.36. The molecule has 0 unspecified atom stereocenters. The summed E-state index contributed by atoms with van der Waals surface area (Å²) < 4.78 is 12.1. The quantitative estimate of drug-likeness (QED) is 0.603. The Morgan fingerprint density at radius 2 is 2.24 bits per heavy atom. The van der Waals surface area contributed by atoms with Crippen molar-refractivity contribution >= 4 is 0 Å². The molecule has 0 aliphatic rings. The Balaban J connectivity index is 1.97. The van der Waals surface area contributed by atoms with Crippen molar-refractivity contribution in [1.29, 1.82) is 0 Å². The van der Waals surface area contributed by atoms with Crippen LogP contribution in [0.3, 0.4) is 0 Å². The molecule has 0 aromatic carbocycles. The minimum absolute atomic E-state index is 0.660. The fraction of sp³-hybridized carbons (Fsp3) is 0.818. The third-order valence-electron chi connectivity index (χ3n) is 2.35. The topological polar surface area (TPSA) is 61.2 Å². The standard InChI is InChI=1S/C11H22N4O2/c1-3-15-11(13-10-14-15)9-12-5-4-6-17-8-7-16-2/h10,12H,3-9H2,1-2H3. The number of methoxy groups -OCH3 is 1. The van der Waals surface area contributed by atoms with Gasteiger partial charge < -0.3 is 14.8 Å². The normalized spacial score (nSPS) is 10.9. The zero-order valence-electron chi connectivity index (χ0n) is 10.7. The van der Waals surface area contributed by atoms with Crippen LogP contribution in [0, 0.1) is 0 Å². The largest absolute Gasteiger partial charge is 0.382 e. The number of rotatable bonds is 10. The van der Waals surface area contributed by atoms with Crippen molar-refractivity contribution in [1.82, 2.24) is 20.1 Å². The van der Waals surface area contributed by atoms with Crippen LogP contribution in [0.4, 0.5) is 0 Å². The van der Waals surface area contributed by atoms with Crippen molar-refractivity contribution in [3.8, 4) is 0 Å². The summed E-state index contributed by atoms with van der Waals surface area (Å²) in [6.45, 7) is 6.68. The highest BCUT2D eigenvalue weighted by Gasteiger charge is 2.00. The molecule has 1 N–H and O–H groups in total. The van der Waals surface area contributed by atoms with E-state index in [4.69, 9.17) is 9.47 Å². The number of nitrogens with zero attached hydrogens (tertiary/aromatic N) is 3. The molecular formula is C11H22N4O2. The molecule has 0 aliphatic carbocycles. The molecule has 0 fully saturated rings. The molecule has 0 bridgehead atoms. The molecule has 0 amide bonds. The summed E-state index contributed by atoms with van der Waals surface area (Å²) in [4.78, 5) is 4.19. The minimum atomic E-state index is 0.660. The summed E-state index contributed by atoms with van der Waals surface area (Å²) in [5, 5.41) is 7.43. The van der Waals surface area contributed by atoms with Gasteiger partial charge in [0.05, 0.1) is 19.8 Å². The van der Waals surface area contributed by atoms with E-state index in [0.29, 0.717) is 13.2 Å². The van der Waals surface area contributed by atoms with Crippen molar-refractivity contribution in [2.75, 3.05) is 33.5 Å². The van der Waals surface area contributed by atoms with E-state index in [9.17, 15) is 0 Å². The van der Waals surface area contributed by atoms with Gasteiger partial charge in [-0.3, -0.25) is 0 Å². The number of aryl methyl sites for hydroxylation is 1. The van der Waals surface area contributed by atoms with Crippen molar-refractivity contribution < 1.29 is 9.47 Å². The van der Waals surface area contributed by atoms with Crippen LogP contribution in [-0.2, 0) is 22.6 Å². The molecule has 1 rings (SSSR count). The second-order valence-electron chi connectivity index (χ2n) is 3.63. The summed E-state index contributed by atoms with van der Waals surface area (Å²) in [5.74, 6) is 0.979. The molecule has 6 heteroatoms. The average Bonchev–Trinajstić information content (AvgIpc) is 2.80. The molecule has 1 heterocycles. The molecule has 1 aromatic heterocycles. The first kappa shape index (κ1) is 14.1. The first-order valence-electron chi connectivity index (χ1n) is 6.02. The molecule has 1 aromatic rings. The second kappa shape index (κ2) is 9.09. The molecule has 98 valence electrons. The monoisotopic (exact) mass is 242 g/mol. The van der Waals surface area contributed by atoms with Gasteiger partial charge in [-0.2, -0.15) is 5.10 Å². The third kappa shape index (κ3) is 5.76. The zero-order chi connectivity index (χ0) is 12.3. The van der Waals surface area contributed by atoms with E-state index >= 15 is 0 Å². The number of hydrogen-bond acceptors (Lipinski definition) is 5. The molecular weight excluding hydrogens is 220 g/mol. The first-order valence-corrected chi connectivity index (χ1v) is 6.02. The van der Waals surface area contributed by atoms with Crippen LogP contribution >= 0.6 is 0 Å². The number of aromatic nitrogens is 3. The lowest BCUT2D eigenvalue weighted by atomic mass is 10.4. The highest BCUT2D eigenvalue weighted by Crippen LogP contribution is 1.93. The van der Waals surface area contributed by atoms with Crippen LogP contribution < -0.4 is 5.32 Å². The van der Waals surface area contributed by atoms with Gasteiger partial charge in [-0.25, -0.2) is 9.67 Å². The number of nitrogens with one attached hydrogen (secondary N) is 1. The van der Waals surface area contributed by atoms with E-state index in [-0.39, 0.29) is 0 Å². The van der Waals surface area contributed by atoms with Gasteiger partial charge in [0.2, 0.25) is 0 Å². The molecule has 0 saturated carbocycles. The molecule has 6 nitrogen and oxygen atoms in total. The Hall–Kier alpha value is -0.980. The summed E-state index contributed by atoms with van der Waals surface area (Å²) in [6.07, 6.45) is 2.58. The van der Waals surface area contributed by atoms with Crippen LogP contribution in [-0.4, -0.2) is 48.2 Å². The van der Waals surface area contributed by atoms with Crippen LogP contribution in [0.25, 0.3) is 0 Å². The minimum Gasteiger partial charge on any atom is -0.382 e. The van der Waals surface area contributed by atoms with Gasteiger partial charge in [-0.05, 0) is 19.9 Å². The lowest BCUT2D eigenvalue weighted by Gasteiger charge is -2.06. The lowest BCUT2D eigenvalue weighted by molar-refractivity contribution is 0.0694. The maximum absolute atomic E-state index is 5.36. The zero-order valence-corrected chi connectivity index (χ0v) is 10.7. The lowest BCUT2D eigenvalue weighted by Crippen LogP contribution is -2.19. The van der Waals surface area contributed by atoms with Crippen molar-refractivity contribution in [3.05, 3.63) is 12.2 Å². The Morgan fingerprint density at radius 1 is 1.35 bits per heavy atom. The average molecular weight is 242 g/mol. The van der Waals surface area contributed by atoms with E-state index < -0.39 is 0 Å². The van der Waals surface area contributed by atoms with Crippen LogP contribution in [0.15, 0.2) is 6.33 Å². The van der Waals surface area contributed by atoms with Crippen LogP contribution in [0.2, 0.25) is 0 Å². The van der Waals surface area contributed by atoms with Gasteiger partial charge in [0.15, 0.2) is 0 Å². The Kier molecular flexibility index (Phi) is 7.53. The Labute approximate surface area is 102 Å². The highest BCUT2D eigenvalue weighted by molar-refractivity contribution is 4.83. The summed E-state index contributed by atoms with van der Waals surface area (Å²) in [6, 6.07) is 0. The van der Waals surface area contributed by atoms with Gasteiger partial charge in [-0.1, -0.05) is 0 Å². The summed E-state index contributed by atoms with van der Waals surface area (Å²) >= 11 is 0. The number of hydrogen-bond donors (Lipinski definition) is 1. The molecule has 0 saturated heterocycles. The van der Waals surface area contributed by atoms with Crippen molar-refractivity contribution in [3.63, 3.8) is 0 Å². The van der Waals surface area contributed by atoms with E-state index in [1.807, 2.05) is 4.68 Å². The van der Waals surface area contributed by atoms with Gasteiger partial charge in [0, 0.05) is 20.3 Å². The smallest absolute Gasteiger partial charge is 0.140 e. The summed E-state index contributed by atoms with van der Waals surface area (Å²) in [5.41, 5.74) is 0. The predicted molar refractivity (Wildman–Crippen MR) is 64.7 cm³/mol. The van der Waals surface area contributed by atoms with E-state index in [1.165, 1.54) is 0 Å². The van der Waals surface area contributed by atoms with Gasteiger partial charge in [0.25, 0.3) is 0 Å². The number of ether oxygens (including phenoxy) is 2. The van der Waals surface area contributed by atoms with Crippen LogP contribution in [0.1, 0.15) is 19.2 Å². The van der Waals surface area contributed by atoms with Gasteiger partial charge in [0.1, 0.15) is 12.2 Å². The first-order chi connectivity index (χ1) is 8.38. The van der Waals surface area contributed by atoms with Crippen molar-refractivity contribution in [2.45, 2.75) is 26.4 Å². The van der Waals surface area contributed by atoms with Crippen LogP contribution in [0.5, 0.6) is 0 Å².